The van der Waals surface area contributed by atoms with Crippen molar-refractivity contribution in [3.63, 3.8) is 0 Å². The topological polar surface area (TPSA) is 77.2 Å². The molecule has 0 amide bonds. The number of nitrogens with two attached hydrogens (primary N) is 1. The lowest BCUT2D eigenvalue weighted by Crippen LogP contribution is -2.35. The Morgan fingerprint density at radius 3 is 2.65 bits per heavy atom. The smallest absolute Gasteiger partial charge is 0.168 e. The Hall–Kier alpha value is -2.44. The Balaban J connectivity index is 2.05. The van der Waals surface area contributed by atoms with E-state index in [-0.39, 0.29) is 18.5 Å². The molecule has 138 valence electrons. The zero-order valence-electron chi connectivity index (χ0n) is 15.3. The van der Waals surface area contributed by atoms with Crippen LogP contribution in [0.1, 0.15) is 22.7 Å². The maximum Gasteiger partial charge on any atom is 0.168 e. The molecule has 6 heteroatoms. The summed E-state index contributed by atoms with van der Waals surface area (Å²) >= 11 is 0. The van der Waals surface area contributed by atoms with Gasteiger partial charge in [-0.1, -0.05) is 0 Å². The van der Waals surface area contributed by atoms with Crippen LogP contribution in [0.2, 0.25) is 0 Å². The van der Waals surface area contributed by atoms with E-state index in [0.29, 0.717) is 17.2 Å². The van der Waals surface area contributed by atoms with Crippen LogP contribution in [-0.4, -0.2) is 44.5 Å². The largest absolute Gasteiger partial charge is 0.504 e. The minimum Gasteiger partial charge on any atom is -0.504 e. The van der Waals surface area contributed by atoms with Gasteiger partial charge in [0, 0.05) is 18.2 Å². The second kappa shape index (κ2) is 6.37. The molecule has 1 aliphatic heterocycles. The molecule has 6 nitrogen and oxygen atoms in total. The number of ether oxygens (including phenoxy) is 3. The number of hydrogen-bond acceptors (Lipinski definition) is 6. The van der Waals surface area contributed by atoms with Crippen LogP contribution in [0.4, 0.5) is 0 Å². The van der Waals surface area contributed by atoms with E-state index < -0.39 is 0 Å². The molecule has 1 aliphatic carbocycles. The number of methoxy groups -OCH3 is 2. The van der Waals surface area contributed by atoms with E-state index in [4.69, 9.17) is 19.9 Å². The van der Waals surface area contributed by atoms with Gasteiger partial charge in [0.25, 0.3) is 0 Å². The van der Waals surface area contributed by atoms with Crippen LogP contribution in [0.15, 0.2) is 18.2 Å². The van der Waals surface area contributed by atoms with Crippen LogP contribution in [-0.2, 0) is 12.8 Å². The fourth-order valence-corrected chi connectivity index (χ4v) is 4.28. The van der Waals surface area contributed by atoms with Crippen molar-refractivity contribution in [2.45, 2.75) is 18.9 Å². The number of rotatable bonds is 4. The fraction of sp³-hybridized carbons (Fsp3) is 0.400. The van der Waals surface area contributed by atoms with Gasteiger partial charge in [0.1, 0.15) is 6.73 Å². The van der Waals surface area contributed by atoms with E-state index in [0.717, 1.165) is 36.1 Å². The van der Waals surface area contributed by atoms with Crippen LogP contribution in [0.3, 0.4) is 0 Å². The monoisotopic (exact) mass is 356 g/mol. The number of phenolic OH excluding ortho intramolecular Hbond substituents is 1. The molecule has 2 aliphatic rings. The van der Waals surface area contributed by atoms with E-state index in [1.807, 2.05) is 6.07 Å². The van der Waals surface area contributed by atoms with E-state index >= 15 is 0 Å². The first-order valence-corrected chi connectivity index (χ1v) is 8.76. The lowest BCUT2D eigenvalue weighted by molar-refractivity contribution is 0.225. The van der Waals surface area contributed by atoms with Crippen molar-refractivity contribution in [1.29, 1.82) is 0 Å². The minimum atomic E-state index is 0.0870. The first-order valence-electron chi connectivity index (χ1n) is 8.76. The quantitative estimate of drug-likeness (QED) is 0.820. The van der Waals surface area contributed by atoms with Crippen LogP contribution in [0, 0.1) is 0 Å². The van der Waals surface area contributed by atoms with Crippen molar-refractivity contribution in [2.75, 3.05) is 34.5 Å². The summed E-state index contributed by atoms with van der Waals surface area (Å²) in [6, 6.07) is 6.00. The Morgan fingerprint density at radius 2 is 1.96 bits per heavy atom. The highest BCUT2D eigenvalue weighted by Gasteiger charge is 2.36. The molecule has 0 saturated carbocycles. The zero-order chi connectivity index (χ0) is 18.4. The Labute approximate surface area is 153 Å². The van der Waals surface area contributed by atoms with Crippen molar-refractivity contribution in [3.05, 3.63) is 34.9 Å². The van der Waals surface area contributed by atoms with E-state index in [1.54, 1.807) is 20.3 Å². The fourth-order valence-electron chi connectivity index (χ4n) is 4.28. The lowest BCUT2D eigenvalue weighted by Gasteiger charge is -2.40. The number of benzene rings is 2. The van der Waals surface area contributed by atoms with Crippen molar-refractivity contribution in [2.24, 2.45) is 5.73 Å². The normalized spacial score (nSPS) is 18.1. The molecule has 0 saturated heterocycles. The third-order valence-electron chi connectivity index (χ3n) is 5.50. The summed E-state index contributed by atoms with van der Waals surface area (Å²) in [5.41, 5.74) is 11.3. The molecule has 1 atom stereocenters. The molecular formula is C20H24N2O4. The van der Waals surface area contributed by atoms with Gasteiger partial charge < -0.3 is 19.3 Å². The first-order chi connectivity index (χ1) is 12.6. The number of phenols is 1. The van der Waals surface area contributed by atoms with Crippen LogP contribution in [0.5, 0.6) is 23.0 Å². The summed E-state index contributed by atoms with van der Waals surface area (Å²) in [4.78, 5) is 2.36. The molecule has 4 rings (SSSR count). The van der Waals surface area contributed by atoms with Gasteiger partial charge in [0.15, 0.2) is 23.0 Å². The summed E-state index contributed by atoms with van der Waals surface area (Å²) in [7, 11) is 5.35. The maximum absolute atomic E-state index is 10.3. The summed E-state index contributed by atoms with van der Waals surface area (Å²) < 4.78 is 16.8. The van der Waals surface area contributed by atoms with Gasteiger partial charge in [-0.15, -0.1) is 0 Å². The predicted molar refractivity (Wildman–Crippen MR) is 99.1 cm³/mol. The molecule has 0 radical (unpaired) electrons. The van der Waals surface area contributed by atoms with Gasteiger partial charge >= 0.3 is 0 Å². The van der Waals surface area contributed by atoms with E-state index in [2.05, 4.69) is 18.0 Å². The number of hydrogen-bond donors (Lipinski definition) is 2. The molecule has 26 heavy (non-hydrogen) atoms. The number of fused-ring (bicyclic) bond motifs is 2. The zero-order valence-corrected chi connectivity index (χ0v) is 15.3. The van der Waals surface area contributed by atoms with E-state index in [1.165, 1.54) is 11.1 Å². The van der Waals surface area contributed by atoms with Crippen LogP contribution < -0.4 is 19.9 Å². The van der Waals surface area contributed by atoms with Gasteiger partial charge in [-0.05, 0) is 60.3 Å². The molecule has 3 N–H and O–H groups in total. The average Bonchev–Trinajstić information content (AvgIpc) is 2.64. The van der Waals surface area contributed by atoms with Gasteiger partial charge in [0.05, 0.1) is 14.2 Å². The van der Waals surface area contributed by atoms with Crippen molar-refractivity contribution >= 4 is 0 Å². The van der Waals surface area contributed by atoms with Gasteiger partial charge in [-0.25, -0.2) is 0 Å². The van der Waals surface area contributed by atoms with Gasteiger partial charge in [0.2, 0.25) is 0 Å². The van der Waals surface area contributed by atoms with Crippen molar-refractivity contribution < 1.29 is 19.3 Å². The van der Waals surface area contributed by atoms with Crippen molar-refractivity contribution in [1.82, 2.24) is 4.90 Å². The maximum atomic E-state index is 10.3. The van der Waals surface area contributed by atoms with Gasteiger partial charge in [-0.3, -0.25) is 10.6 Å². The predicted octanol–water partition coefficient (Wildman–Crippen LogP) is 2.46. The minimum absolute atomic E-state index is 0.0870. The highest BCUT2D eigenvalue weighted by atomic mass is 16.5. The second-order valence-corrected chi connectivity index (χ2v) is 6.80. The Bertz CT molecular complexity index is 866. The molecule has 0 aromatic heterocycles. The van der Waals surface area contributed by atoms with Gasteiger partial charge in [-0.2, -0.15) is 0 Å². The Morgan fingerprint density at radius 1 is 1.15 bits per heavy atom. The van der Waals surface area contributed by atoms with E-state index in [9.17, 15) is 5.11 Å². The molecular weight excluding hydrogens is 332 g/mol. The highest BCUT2D eigenvalue weighted by Crippen LogP contribution is 2.53. The molecule has 0 bridgehead atoms. The molecule has 2 aromatic carbocycles. The Kier molecular flexibility index (Phi) is 4.17. The molecule has 1 heterocycles. The lowest BCUT2D eigenvalue weighted by atomic mass is 9.76. The molecule has 0 spiro atoms. The van der Waals surface area contributed by atoms with Crippen LogP contribution in [0.25, 0.3) is 11.1 Å². The summed E-state index contributed by atoms with van der Waals surface area (Å²) in [5.74, 6) is 1.95. The summed E-state index contributed by atoms with van der Waals surface area (Å²) in [6.45, 7) is 1.06. The van der Waals surface area contributed by atoms with Crippen molar-refractivity contribution in [3.8, 4) is 34.1 Å². The molecule has 2 aromatic rings. The number of likely N-dealkylation sites (N-methyl/N-ethyl adjacent to an activating group) is 1. The molecule has 0 fully saturated rings. The summed E-state index contributed by atoms with van der Waals surface area (Å²) in [5, 5.41) is 10.3. The highest BCUT2D eigenvalue weighted by molar-refractivity contribution is 5.85. The third kappa shape index (κ3) is 2.40. The molecule has 1 unspecified atom stereocenters. The third-order valence-corrected chi connectivity index (χ3v) is 5.50. The number of aromatic hydroxyl groups is 1. The standard InChI is InChI=1S/C20H24N2O4/c1-22-5-4-11-8-17(26-10-21)20(25-3)19-13-9-16(24-2)15(23)7-12(13)6-14(22)18(11)19/h7-9,14,23H,4-6,10,21H2,1-3H3. The first kappa shape index (κ1) is 17.0. The average molecular weight is 356 g/mol. The second-order valence-electron chi connectivity index (χ2n) is 6.80. The SMILES string of the molecule is COc1cc2c(cc1O)CC1c3c(cc(OCN)c(OC)c3-2)CCN1C. The van der Waals surface area contributed by atoms with Crippen LogP contribution >= 0.6 is 0 Å². The summed E-state index contributed by atoms with van der Waals surface area (Å²) in [6.07, 6.45) is 1.79. The number of nitrogens with zero attached hydrogens (tertiary/aromatic N) is 1.